The Morgan fingerprint density at radius 3 is 2.60 bits per heavy atom. The molecule has 0 aromatic carbocycles. The highest BCUT2D eigenvalue weighted by atomic mass is 16.4. The van der Waals surface area contributed by atoms with E-state index in [4.69, 9.17) is 10.8 Å². The molecule has 0 heterocycles. The van der Waals surface area contributed by atoms with Crippen molar-refractivity contribution >= 4 is 5.97 Å². The molecule has 0 amide bonds. The van der Waals surface area contributed by atoms with Crippen LogP contribution in [0.2, 0.25) is 0 Å². The third-order valence-corrected chi connectivity index (χ3v) is 3.59. The molecule has 15 heavy (non-hydrogen) atoms. The van der Waals surface area contributed by atoms with Crippen LogP contribution in [-0.4, -0.2) is 41.7 Å². The van der Waals surface area contributed by atoms with E-state index < -0.39 is 12.0 Å². The van der Waals surface area contributed by atoms with Gasteiger partial charge in [0, 0.05) is 12.6 Å². The van der Waals surface area contributed by atoms with Gasteiger partial charge in [0.15, 0.2) is 0 Å². The standard InChI is InChI=1S/C11H22N2O2/c1-8-5-3-4-6-9(8)13(2)10(7-12)11(14)15/h8-10H,3-7,12H2,1-2H3,(H,14,15). The Kier molecular flexibility index (Phi) is 4.54. The molecule has 4 heteroatoms. The molecule has 0 aliphatic heterocycles. The second-order valence-corrected chi connectivity index (χ2v) is 4.58. The maximum atomic E-state index is 11.0. The third-order valence-electron chi connectivity index (χ3n) is 3.59. The summed E-state index contributed by atoms with van der Waals surface area (Å²) < 4.78 is 0. The maximum Gasteiger partial charge on any atom is 0.322 e. The molecule has 1 rings (SSSR count). The van der Waals surface area contributed by atoms with E-state index in [0.717, 1.165) is 6.42 Å². The molecule has 1 saturated carbocycles. The molecule has 0 aromatic heterocycles. The summed E-state index contributed by atoms with van der Waals surface area (Å²) in [4.78, 5) is 13.0. The molecule has 0 saturated heterocycles. The number of likely N-dealkylation sites (N-methyl/N-ethyl adjacent to an activating group) is 1. The monoisotopic (exact) mass is 214 g/mol. The van der Waals surface area contributed by atoms with Crippen molar-refractivity contribution in [3.8, 4) is 0 Å². The minimum atomic E-state index is -0.808. The Labute approximate surface area is 91.4 Å². The highest BCUT2D eigenvalue weighted by Gasteiger charge is 2.31. The van der Waals surface area contributed by atoms with Gasteiger partial charge in [-0.25, -0.2) is 0 Å². The zero-order valence-corrected chi connectivity index (χ0v) is 9.65. The van der Waals surface area contributed by atoms with Crippen molar-refractivity contribution in [1.29, 1.82) is 0 Å². The highest BCUT2D eigenvalue weighted by Crippen LogP contribution is 2.28. The molecule has 1 aliphatic rings. The van der Waals surface area contributed by atoms with Crippen molar-refractivity contribution in [3.05, 3.63) is 0 Å². The molecule has 88 valence electrons. The zero-order valence-electron chi connectivity index (χ0n) is 9.65. The summed E-state index contributed by atoms with van der Waals surface area (Å²) in [6.07, 6.45) is 4.77. The first-order valence-electron chi connectivity index (χ1n) is 5.72. The van der Waals surface area contributed by atoms with Crippen LogP contribution in [-0.2, 0) is 4.79 Å². The number of rotatable bonds is 4. The van der Waals surface area contributed by atoms with Crippen molar-refractivity contribution in [3.63, 3.8) is 0 Å². The van der Waals surface area contributed by atoms with Crippen molar-refractivity contribution in [1.82, 2.24) is 4.90 Å². The van der Waals surface area contributed by atoms with Gasteiger partial charge < -0.3 is 10.8 Å². The molecule has 0 bridgehead atoms. The minimum absolute atomic E-state index is 0.190. The van der Waals surface area contributed by atoms with Gasteiger partial charge >= 0.3 is 5.97 Å². The molecule has 0 radical (unpaired) electrons. The van der Waals surface area contributed by atoms with Gasteiger partial charge in [0.2, 0.25) is 0 Å². The fourth-order valence-corrected chi connectivity index (χ4v) is 2.57. The Bertz CT molecular complexity index is 221. The Morgan fingerprint density at radius 1 is 1.53 bits per heavy atom. The SMILES string of the molecule is CC1CCCCC1N(C)C(CN)C(=O)O. The van der Waals surface area contributed by atoms with Gasteiger partial charge in [-0.2, -0.15) is 0 Å². The van der Waals surface area contributed by atoms with Gasteiger partial charge in [0.1, 0.15) is 6.04 Å². The Hall–Kier alpha value is -0.610. The summed E-state index contributed by atoms with van der Waals surface area (Å²) in [5, 5.41) is 9.04. The highest BCUT2D eigenvalue weighted by molar-refractivity contribution is 5.73. The molecule has 3 atom stereocenters. The molecule has 0 spiro atoms. The van der Waals surface area contributed by atoms with Crippen LogP contribution in [0.5, 0.6) is 0 Å². The lowest BCUT2D eigenvalue weighted by atomic mass is 9.84. The summed E-state index contributed by atoms with van der Waals surface area (Å²) in [6, 6.07) is -0.154. The van der Waals surface area contributed by atoms with E-state index in [1.807, 2.05) is 11.9 Å². The van der Waals surface area contributed by atoms with E-state index in [9.17, 15) is 4.79 Å². The van der Waals surface area contributed by atoms with Crippen LogP contribution in [0.1, 0.15) is 32.6 Å². The molecule has 4 nitrogen and oxygen atoms in total. The van der Waals surface area contributed by atoms with Crippen molar-refractivity contribution in [2.75, 3.05) is 13.6 Å². The van der Waals surface area contributed by atoms with E-state index in [1.165, 1.54) is 19.3 Å². The number of carboxylic acids is 1. The molecule has 3 unspecified atom stereocenters. The number of nitrogens with two attached hydrogens (primary N) is 1. The first-order chi connectivity index (χ1) is 7.07. The summed E-state index contributed by atoms with van der Waals surface area (Å²) in [5.74, 6) is -0.227. The van der Waals surface area contributed by atoms with Crippen LogP contribution in [0.25, 0.3) is 0 Å². The number of hydrogen-bond donors (Lipinski definition) is 2. The Balaban J connectivity index is 2.63. The number of carboxylic acid groups (broad SMARTS) is 1. The van der Waals surface area contributed by atoms with Gasteiger partial charge in [0.05, 0.1) is 0 Å². The summed E-state index contributed by atoms with van der Waals surface area (Å²) in [7, 11) is 1.89. The lowest BCUT2D eigenvalue weighted by molar-refractivity contribution is -0.143. The molecular weight excluding hydrogens is 192 g/mol. The minimum Gasteiger partial charge on any atom is -0.480 e. The van der Waals surface area contributed by atoms with Gasteiger partial charge in [-0.3, -0.25) is 9.69 Å². The van der Waals surface area contributed by atoms with Crippen molar-refractivity contribution in [2.45, 2.75) is 44.7 Å². The fourth-order valence-electron chi connectivity index (χ4n) is 2.57. The van der Waals surface area contributed by atoms with Gasteiger partial charge in [-0.15, -0.1) is 0 Å². The fraction of sp³-hybridized carbons (Fsp3) is 0.909. The van der Waals surface area contributed by atoms with E-state index in [0.29, 0.717) is 12.0 Å². The van der Waals surface area contributed by atoms with Crippen LogP contribution < -0.4 is 5.73 Å². The first kappa shape index (κ1) is 12.5. The topological polar surface area (TPSA) is 66.6 Å². The van der Waals surface area contributed by atoms with E-state index in [1.54, 1.807) is 0 Å². The van der Waals surface area contributed by atoms with Gasteiger partial charge in [0.25, 0.3) is 0 Å². The smallest absolute Gasteiger partial charge is 0.322 e. The van der Waals surface area contributed by atoms with Gasteiger partial charge in [-0.1, -0.05) is 19.8 Å². The summed E-state index contributed by atoms with van der Waals surface area (Å²) in [6.45, 7) is 2.39. The quantitative estimate of drug-likeness (QED) is 0.730. The first-order valence-corrected chi connectivity index (χ1v) is 5.72. The van der Waals surface area contributed by atoms with E-state index in [2.05, 4.69) is 6.92 Å². The predicted molar refractivity (Wildman–Crippen MR) is 59.7 cm³/mol. The molecule has 0 aromatic rings. The lowest BCUT2D eigenvalue weighted by Crippen LogP contribution is -2.51. The summed E-state index contributed by atoms with van der Waals surface area (Å²) >= 11 is 0. The van der Waals surface area contributed by atoms with Crippen molar-refractivity contribution in [2.24, 2.45) is 11.7 Å². The van der Waals surface area contributed by atoms with Gasteiger partial charge in [-0.05, 0) is 25.8 Å². The largest absolute Gasteiger partial charge is 0.480 e. The van der Waals surface area contributed by atoms with Crippen LogP contribution >= 0.6 is 0 Å². The average molecular weight is 214 g/mol. The van der Waals surface area contributed by atoms with Crippen LogP contribution in [0, 0.1) is 5.92 Å². The van der Waals surface area contributed by atoms with E-state index >= 15 is 0 Å². The number of hydrogen-bond acceptors (Lipinski definition) is 3. The second-order valence-electron chi connectivity index (χ2n) is 4.58. The average Bonchev–Trinajstić information content (AvgIpc) is 2.18. The van der Waals surface area contributed by atoms with Crippen LogP contribution in [0.15, 0.2) is 0 Å². The van der Waals surface area contributed by atoms with Crippen LogP contribution in [0.4, 0.5) is 0 Å². The number of carbonyl (C=O) groups is 1. The van der Waals surface area contributed by atoms with E-state index in [-0.39, 0.29) is 6.54 Å². The number of nitrogens with zero attached hydrogens (tertiary/aromatic N) is 1. The molecule has 1 fully saturated rings. The van der Waals surface area contributed by atoms with Crippen LogP contribution in [0.3, 0.4) is 0 Å². The molecule has 1 aliphatic carbocycles. The normalized spacial score (nSPS) is 29.1. The Morgan fingerprint density at radius 2 is 2.13 bits per heavy atom. The predicted octanol–water partition coefficient (Wildman–Crippen LogP) is 0.909. The summed E-state index contributed by atoms with van der Waals surface area (Å²) in [5.41, 5.74) is 5.50. The zero-order chi connectivity index (χ0) is 11.4. The third kappa shape index (κ3) is 2.92. The number of aliphatic carboxylic acids is 1. The lowest BCUT2D eigenvalue weighted by Gasteiger charge is -2.38. The molecular formula is C11H22N2O2. The maximum absolute atomic E-state index is 11.0. The molecule has 3 N–H and O–H groups in total. The second kappa shape index (κ2) is 5.47. The van der Waals surface area contributed by atoms with Crippen molar-refractivity contribution < 1.29 is 9.90 Å².